The summed E-state index contributed by atoms with van der Waals surface area (Å²) >= 11 is 0. The molecule has 0 saturated carbocycles. The third-order valence-corrected chi connectivity index (χ3v) is 4.01. The molecule has 0 aliphatic carbocycles. The molecule has 0 bridgehead atoms. The topological polar surface area (TPSA) is 58.2 Å². The van der Waals surface area contributed by atoms with E-state index in [2.05, 4.69) is 10.6 Å². The molecule has 0 radical (unpaired) electrons. The van der Waals surface area contributed by atoms with Crippen LogP contribution in [-0.2, 0) is 11.3 Å². The minimum absolute atomic E-state index is 0.214. The third kappa shape index (κ3) is 6.10. The number of carbonyl (C=O) groups excluding carboxylic acids is 2. The molecule has 3 aromatic carbocycles. The van der Waals surface area contributed by atoms with Crippen molar-refractivity contribution in [1.82, 2.24) is 5.32 Å². The van der Waals surface area contributed by atoms with Gasteiger partial charge in [-0.25, -0.2) is 8.78 Å². The van der Waals surface area contributed by atoms with E-state index in [0.29, 0.717) is 11.3 Å². The van der Waals surface area contributed by atoms with Gasteiger partial charge < -0.3 is 10.6 Å². The van der Waals surface area contributed by atoms with E-state index in [9.17, 15) is 18.4 Å². The molecule has 0 aromatic heterocycles. The van der Waals surface area contributed by atoms with Crippen LogP contribution in [-0.4, -0.2) is 11.8 Å². The summed E-state index contributed by atoms with van der Waals surface area (Å²) < 4.78 is 26.4. The highest BCUT2D eigenvalue weighted by molar-refractivity contribution is 6.04. The fourth-order valence-electron chi connectivity index (χ4n) is 2.62. The van der Waals surface area contributed by atoms with E-state index in [1.54, 1.807) is 36.4 Å². The summed E-state index contributed by atoms with van der Waals surface area (Å²) in [6.07, 6.45) is 2.85. The Labute approximate surface area is 166 Å². The molecule has 0 unspecified atom stereocenters. The molecule has 2 N–H and O–H groups in total. The zero-order chi connectivity index (χ0) is 20.6. The second-order valence-corrected chi connectivity index (χ2v) is 6.27. The lowest BCUT2D eigenvalue weighted by Crippen LogP contribution is -2.20. The Bertz CT molecular complexity index is 1060. The van der Waals surface area contributed by atoms with Gasteiger partial charge in [0.05, 0.1) is 0 Å². The van der Waals surface area contributed by atoms with Crippen molar-refractivity contribution in [2.45, 2.75) is 6.54 Å². The average molecular weight is 392 g/mol. The van der Waals surface area contributed by atoms with Gasteiger partial charge in [-0.05, 0) is 59.7 Å². The SMILES string of the molecule is O=C(C=Cc1cccc(F)c1)NCc1cccc(NC(=O)c2cccc(F)c2)c1. The molecule has 2 amide bonds. The van der Waals surface area contributed by atoms with Crippen molar-refractivity contribution >= 4 is 23.6 Å². The van der Waals surface area contributed by atoms with Gasteiger partial charge in [-0.1, -0.05) is 30.3 Å². The van der Waals surface area contributed by atoms with Crippen molar-refractivity contribution in [2.24, 2.45) is 0 Å². The van der Waals surface area contributed by atoms with Crippen LogP contribution in [0, 0.1) is 11.6 Å². The minimum atomic E-state index is -0.486. The second-order valence-electron chi connectivity index (χ2n) is 6.27. The number of halogens is 2. The molecule has 3 aromatic rings. The van der Waals surface area contributed by atoms with Gasteiger partial charge in [0.1, 0.15) is 11.6 Å². The second kappa shape index (κ2) is 9.41. The first kappa shape index (κ1) is 19.9. The highest BCUT2D eigenvalue weighted by Crippen LogP contribution is 2.13. The number of amides is 2. The first-order valence-corrected chi connectivity index (χ1v) is 8.87. The summed E-state index contributed by atoms with van der Waals surface area (Å²) in [5.41, 5.74) is 2.10. The van der Waals surface area contributed by atoms with Gasteiger partial charge in [0.15, 0.2) is 0 Å². The van der Waals surface area contributed by atoms with Crippen LogP contribution in [0.2, 0.25) is 0 Å². The number of benzene rings is 3. The predicted molar refractivity (Wildman–Crippen MR) is 108 cm³/mol. The van der Waals surface area contributed by atoms with Gasteiger partial charge in [0.2, 0.25) is 5.91 Å². The lowest BCUT2D eigenvalue weighted by Gasteiger charge is -2.08. The summed E-state index contributed by atoms with van der Waals surface area (Å²) in [6.45, 7) is 0.246. The quantitative estimate of drug-likeness (QED) is 0.605. The maximum absolute atomic E-state index is 13.3. The molecule has 0 atom stereocenters. The maximum Gasteiger partial charge on any atom is 0.255 e. The predicted octanol–water partition coefficient (Wildman–Crippen LogP) is 4.55. The Balaban J connectivity index is 1.57. The van der Waals surface area contributed by atoms with E-state index < -0.39 is 11.7 Å². The molecule has 146 valence electrons. The molecule has 0 heterocycles. The van der Waals surface area contributed by atoms with E-state index >= 15 is 0 Å². The molecule has 0 fully saturated rings. The lowest BCUT2D eigenvalue weighted by molar-refractivity contribution is -0.116. The number of anilines is 1. The van der Waals surface area contributed by atoms with Gasteiger partial charge in [0.25, 0.3) is 5.91 Å². The summed E-state index contributed by atoms with van der Waals surface area (Å²) in [5, 5.41) is 5.42. The summed E-state index contributed by atoms with van der Waals surface area (Å²) in [5.74, 6) is -1.61. The van der Waals surface area contributed by atoms with E-state index in [1.807, 2.05) is 0 Å². The van der Waals surface area contributed by atoms with E-state index in [4.69, 9.17) is 0 Å². The summed E-state index contributed by atoms with van der Waals surface area (Å²) in [6, 6.07) is 18.3. The lowest BCUT2D eigenvalue weighted by atomic mass is 10.1. The zero-order valence-electron chi connectivity index (χ0n) is 15.4. The molecule has 0 spiro atoms. The average Bonchev–Trinajstić information content (AvgIpc) is 2.71. The zero-order valence-corrected chi connectivity index (χ0v) is 15.4. The van der Waals surface area contributed by atoms with Crippen LogP contribution in [0.5, 0.6) is 0 Å². The van der Waals surface area contributed by atoms with Crippen LogP contribution >= 0.6 is 0 Å². The minimum Gasteiger partial charge on any atom is -0.348 e. The standard InChI is InChI=1S/C23H18F2N2O2/c24-19-7-1-4-16(12-19)10-11-22(28)26-15-17-5-2-9-21(13-17)27-23(29)18-6-3-8-20(25)14-18/h1-14H,15H2,(H,26,28)(H,27,29). The normalized spacial score (nSPS) is 10.7. The van der Waals surface area contributed by atoms with Crippen LogP contribution < -0.4 is 10.6 Å². The van der Waals surface area contributed by atoms with Crippen LogP contribution in [0.1, 0.15) is 21.5 Å². The van der Waals surface area contributed by atoms with Crippen LogP contribution in [0.15, 0.2) is 78.9 Å². The van der Waals surface area contributed by atoms with Crippen LogP contribution in [0.3, 0.4) is 0 Å². The van der Waals surface area contributed by atoms with Gasteiger partial charge in [-0.3, -0.25) is 9.59 Å². The van der Waals surface area contributed by atoms with E-state index in [0.717, 1.165) is 11.6 Å². The third-order valence-electron chi connectivity index (χ3n) is 4.01. The molecule has 29 heavy (non-hydrogen) atoms. The van der Waals surface area contributed by atoms with Crippen molar-refractivity contribution in [3.63, 3.8) is 0 Å². The van der Waals surface area contributed by atoms with Crippen molar-refractivity contribution in [3.8, 4) is 0 Å². The Kier molecular flexibility index (Phi) is 6.47. The van der Waals surface area contributed by atoms with Crippen molar-refractivity contribution in [1.29, 1.82) is 0 Å². The molecule has 0 aliphatic rings. The Morgan fingerprint density at radius 3 is 2.34 bits per heavy atom. The Morgan fingerprint density at radius 1 is 0.862 bits per heavy atom. The highest BCUT2D eigenvalue weighted by Gasteiger charge is 2.07. The largest absolute Gasteiger partial charge is 0.348 e. The first-order valence-electron chi connectivity index (χ1n) is 8.87. The first-order chi connectivity index (χ1) is 14.0. The van der Waals surface area contributed by atoms with E-state index in [1.165, 1.54) is 42.5 Å². The van der Waals surface area contributed by atoms with Crippen molar-refractivity contribution in [3.05, 3.63) is 107 Å². The molecule has 4 nitrogen and oxygen atoms in total. The molecule has 6 heteroatoms. The van der Waals surface area contributed by atoms with Crippen LogP contribution in [0.25, 0.3) is 6.08 Å². The van der Waals surface area contributed by atoms with Gasteiger partial charge in [-0.15, -0.1) is 0 Å². The van der Waals surface area contributed by atoms with Crippen molar-refractivity contribution < 1.29 is 18.4 Å². The fourth-order valence-corrected chi connectivity index (χ4v) is 2.62. The van der Waals surface area contributed by atoms with Gasteiger partial charge in [0, 0.05) is 23.9 Å². The number of nitrogens with one attached hydrogen (secondary N) is 2. The number of rotatable bonds is 6. The molecule has 3 rings (SSSR count). The van der Waals surface area contributed by atoms with Gasteiger partial charge in [-0.2, -0.15) is 0 Å². The summed E-state index contributed by atoms with van der Waals surface area (Å²) in [4.78, 5) is 24.2. The number of carbonyl (C=O) groups is 2. The number of hydrogen-bond donors (Lipinski definition) is 2. The monoisotopic (exact) mass is 392 g/mol. The molecular weight excluding hydrogens is 374 g/mol. The Morgan fingerprint density at radius 2 is 1.59 bits per heavy atom. The smallest absolute Gasteiger partial charge is 0.255 e. The molecule has 0 saturated heterocycles. The number of hydrogen-bond acceptors (Lipinski definition) is 2. The maximum atomic E-state index is 13.3. The van der Waals surface area contributed by atoms with Crippen LogP contribution in [0.4, 0.5) is 14.5 Å². The fraction of sp³-hybridized carbons (Fsp3) is 0.0435. The molecule has 0 aliphatic heterocycles. The molecular formula is C23H18F2N2O2. The summed E-state index contributed by atoms with van der Waals surface area (Å²) in [7, 11) is 0. The van der Waals surface area contributed by atoms with Gasteiger partial charge >= 0.3 is 0 Å². The van der Waals surface area contributed by atoms with E-state index in [-0.39, 0.29) is 23.8 Å². The highest BCUT2D eigenvalue weighted by atomic mass is 19.1. The Hall–Kier alpha value is -3.80. The van der Waals surface area contributed by atoms with Crippen molar-refractivity contribution in [2.75, 3.05) is 5.32 Å².